The van der Waals surface area contributed by atoms with E-state index in [0.717, 1.165) is 37.3 Å². The molecule has 0 radical (unpaired) electrons. The third kappa shape index (κ3) is 2.42. The first-order valence-corrected chi connectivity index (χ1v) is 5.97. The van der Waals surface area contributed by atoms with E-state index < -0.39 is 0 Å². The molecule has 1 heterocycles. The zero-order chi connectivity index (χ0) is 12.4. The molecule has 92 valence electrons. The molecule has 0 amide bonds. The van der Waals surface area contributed by atoms with Crippen LogP contribution in [0, 0.1) is 24.2 Å². The van der Waals surface area contributed by atoms with E-state index in [-0.39, 0.29) is 6.10 Å². The van der Waals surface area contributed by atoms with Crippen LogP contribution in [0.4, 0.5) is 5.82 Å². The van der Waals surface area contributed by atoms with Crippen molar-refractivity contribution >= 4 is 5.82 Å². The maximum atomic E-state index is 9.46. The summed E-state index contributed by atoms with van der Waals surface area (Å²) in [5.41, 5.74) is 1.37. The van der Waals surface area contributed by atoms with Crippen LogP contribution in [0.25, 0.3) is 0 Å². The molecule has 1 aliphatic rings. The van der Waals surface area contributed by atoms with Crippen molar-refractivity contribution in [2.75, 3.05) is 11.9 Å². The minimum absolute atomic E-state index is 0.148. The topological polar surface area (TPSA) is 73.9 Å². The fourth-order valence-electron chi connectivity index (χ4n) is 2.47. The van der Waals surface area contributed by atoms with E-state index in [2.05, 4.69) is 16.5 Å². The molecule has 0 saturated heterocycles. The van der Waals surface area contributed by atoms with Gasteiger partial charge < -0.3 is 10.4 Å². The summed E-state index contributed by atoms with van der Waals surface area (Å²) in [6, 6.07) is 2.17. The second-order valence-electron chi connectivity index (χ2n) is 4.76. The Morgan fingerprint density at radius 1 is 1.59 bits per heavy atom. The van der Waals surface area contributed by atoms with E-state index in [1.807, 2.05) is 14.0 Å². The number of aryl methyl sites for hydroxylation is 2. The fraction of sp³-hybridized carbons (Fsp3) is 0.667. The number of aliphatic hydroxyl groups is 1. The van der Waals surface area contributed by atoms with Gasteiger partial charge in [-0.2, -0.15) is 10.4 Å². The number of hydrogen-bond acceptors (Lipinski definition) is 4. The van der Waals surface area contributed by atoms with Gasteiger partial charge in [-0.1, -0.05) is 0 Å². The summed E-state index contributed by atoms with van der Waals surface area (Å²) >= 11 is 0. The summed E-state index contributed by atoms with van der Waals surface area (Å²) in [5, 5.41) is 26.0. The van der Waals surface area contributed by atoms with Crippen molar-refractivity contribution in [1.82, 2.24) is 9.78 Å². The molecular formula is C12H18N4O. The third-order valence-corrected chi connectivity index (χ3v) is 3.41. The van der Waals surface area contributed by atoms with Gasteiger partial charge >= 0.3 is 0 Å². The Balaban J connectivity index is 2.02. The first-order chi connectivity index (χ1) is 8.11. The van der Waals surface area contributed by atoms with Gasteiger partial charge in [-0.25, -0.2) is 0 Å². The van der Waals surface area contributed by atoms with Crippen LogP contribution in [0.3, 0.4) is 0 Å². The van der Waals surface area contributed by atoms with E-state index in [9.17, 15) is 5.11 Å². The average Bonchev–Trinajstić information content (AvgIpc) is 2.80. The number of nitrogens with zero attached hydrogens (tertiary/aromatic N) is 3. The minimum Gasteiger partial charge on any atom is -0.393 e. The molecule has 1 aromatic rings. The van der Waals surface area contributed by atoms with Gasteiger partial charge in [0.25, 0.3) is 0 Å². The van der Waals surface area contributed by atoms with E-state index in [1.54, 1.807) is 4.68 Å². The van der Waals surface area contributed by atoms with E-state index in [4.69, 9.17) is 5.26 Å². The Bertz CT molecular complexity index is 446. The zero-order valence-corrected chi connectivity index (χ0v) is 10.3. The Morgan fingerprint density at radius 3 is 2.94 bits per heavy atom. The van der Waals surface area contributed by atoms with Crippen molar-refractivity contribution in [2.24, 2.45) is 13.0 Å². The van der Waals surface area contributed by atoms with Crippen molar-refractivity contribution in [1.29, 1.82) is 5.26 Å². The predicted octanol–water partition coefficient (Wildman–Crippen LogP) is 1.17. The molecule has 0 aromatic carbocycles. The molecule has 1 fully saturated rings. The fourth-order valence-corrected chi connectivity index (χ4v) is 2.47. The highest BCUT2D eigenvalue weighted by Gasteiger charge is 2.23. The summed E-state index contributed by atoms with van der Waals surface area (Å²) < 4.78 is 1.71. The maximum Gasteiger partial charge on any atom is 0.142 e. The Morgan fingerprint density at radius 2 is 2.35 bits per heavy atom. The van der Waals surface area contributed by atoms with Crippen LogP contribution in [0.1, 0.15) is 30.5 Å². The van der Waals surface area contributed by atoms with Crippen molar-refractivity contribution in [3.8, 4) is 6.07 Å². The molecule has 0 spiro atoms. The lowest BCUT2D eigenvalue weighted by molar-refractivity contribution is 0.178. The van der Waals surface area contributed by atoms with Crippen molar-refractivity contribution in [3.05, 3.63) is 11.3 Å². The number of rotatable bonds is 3. The summed E-state index contributed by atoms with van der Waals surface area (Å²) in [6.45, 7) is 2.63. The number of aromatic nitrogens is 2. The van der Waals surface area contributed by atoms with Gasteiger partial charge in [-0.05, 0) is 32.1 Å². The van der Waals surface area contributed by atoms with Crippen LogP contribution in [0.5, 0.6) is 0 Å². The van der Waals surface area contributed by atoms with Crippen LogP contribution in [0.15, 0.2) is 0 Å². The quantitative estimate of drug-likeness (QED) is 0.823. The summed E-state index contributed by atoms with van der Waals surface area (Å²) in [5.74, 6) is 1.28. The lowest BCUT2D eigenvalue weighted by atomic mass is 10.1. The molecular weight excluding hydrogens is 216 g/mol. The SMILES string of the molecule is Cc1nn(C)c(NCC2CCC(O)C2)c1C#N. The number of nitriles is 1. The highest BCUT2D eigenvalue weighted by Crippen LogP contribution is 2.26. The average molecular weight is 234 g/mol. The number of hydrogen-bond donors (Lipinski definition) is 2. The molecule has 0 aliphatic heterocycles. The van der Waals surface area contributed by atoms with Crippen molar-refractivity contribution in [3.63, 3.8) is 0 Å². The standard InChI is InChI=1S/C12H18N4O/c1-8-11(6-13)12(16(2)15-8)14-7-9-3-4-10(17)5-9/h9-10,14,17H,3-5,7H2,1-2H3. The molecule has 17 heavy (non-hydrogen) atoms. The van der Waals surface area contributed by atoms with Crippen LogP contribution < -0.4 is 5.32 Å². The molecule has 1 aliphatic carbocycles. The summed E-state index contributed by atoms with van der Waals surface area (Å²) in [6.07, 6.45) is 2.64. The molecule has 2 unspecified atom stereocenters. The van der Waals surface area contributed by atoms with E-state index in [0.29, 0.717) is 11.5 Å². The molecule has 2 rings (SSSR count). The Kier molecular flexibility index (Phi) is 3.34. The molecule has 2 N–H and O–H groups in total. The van der Waals surface area contributed by atoms with Crippen LogP contribution in [0.2, 0.25) is 0 Å². The molecule has 1 saturated carbocycles. The van der Waals surface area contributed by atoms with E-state index >= 15 is 0 Å². The second-order valence-corrected chi connectivity index (χ2v) is 4.76. The third-order valence-electron chi connectivity index (χ3n) is 3.41. The van der Waals surface area contributed by atoms with Gasteiger partial charge in [0.15, 0.2) is 0 Å². The van der Waals surface area contributed by atoms with Crippen LogP contribution >= 0.6 is 0 Å². The summed E-state index contributed by atoms with van der Waals surface area (Å²) in [4.78, 5) is 0. The number of aliphatic hydroxyl groups excluding tert-OH is 1. The van der Waals surface area contributed by atoms with Crippen LogP contribution in [-0.2, 0) is 7.05 Å². The van der Waals surface area contributed by atoms with E-state index in [1.165, 1.54) is 0 Å². The maximum absolute atomic E-state index is 9.46. The lowest BCUT2D eigenvalue weighted by Gasteiger charge is -2.12. The van der Waals surface area contributed by atoms with Gasteiger partial charge in [0, 0.05) is 13.6 Å². The van der Waals surface area contributed by atoms with Gasteiger partial charge in [0.2, 0.25) is 0 Å². The predicted molar refractivity (Wildman–Crippen MR) is 64.5 cm³/mol. The minimum atomic E-state index is -0.148. The first kappa shape index (κ1) is 11.9. The Labute approximate surface area is 101 Å². The highest BCUT2D eigenvalue weighted by molar-refractivity contribution is 5.54. The molecule has 1 aromatic heterocycles. The molecule has 5 nitrogen and oxygen atoms in total. The number of nitrogens with one attached hydrogen (secondary N) is 1. The Hall–Kier alpha value is -1.54. The monoisotopic (exact) mass is 234 g/mol. The normalized spacial score (nSPS) is 23.6. The molecule has 2 atom stereocenters. The van der Waals surface area contributed by atoms with Gasteiger partial charge in [0.05, 0.1) is 11.8 Å². The summed E-state index contributed by atoms with van der Waals surface area (Å²) in [7, 11) is 1.83. The first-order valence-electron chi connectivity index (χ1n) is 5.97. The molecule has 0 bridgehead atoms. The van der Waals surface area contributed by atoms with Gasteiger partial charge in [-0.15, -0.1) is 0 Å². The van der Waals surface area contributed by atoms with Crippen molar-refractivity contribution < 1.29 is 5.11 Å². The van der Waals surface area contributed by atoms with Crippen molar-refractivity contribution in [2.45, 2.75) is 32.3 Å². The van der Waals surface area contributed by atoms with Gasteiger partial charge in [0.1, 0.15) is 17.5 Å². The largest absolute Gasteiger partial charge is 0.393 e. The zero-order valence-electron chi connectivity index (χ0n) is 10.3. The van der Waals surface area contributed by atoms with Gasteiger partial charge in [-0.3, -0.25) is 4.68 Å². The second kappa shape index (κ2) is 4.76. The smallest absolute Gasteiger partial charge is 0.142 e. The molecule has 5 heteroatoms. The van der Waals surface area contributed by atoms with Crippen LogP contribution in [-0.4, -0.2) is 27.5 Å². The lowest BCUT2D eigenvalue weighted by Crippen LogP contribution is -2.15. The highest BCUT2D eigenvalue weighted by atomic mass is 16.3. The number of anilines is 1.